The number of anilines is 1. The number of carbonyl (C=O) groups is 3. The van der Waals surface area contributed by atoms with Gasteiger partial charge in [-0.05, 0) is 23.8 Å². The molecule has 0 heterocycles. The molecule has 3 amide bonds. The molecule has 0 aromatic heterocycles. The normalized spacial score (nSPS) is 10.1. The molecule has 0 saturated heterocycles. The maximum atomic E-state index is 11.3. The average molecular weight is 263 g/mol. The van der Waals surface area contributed by atoms with Crippen LogP contribution in [0.5, 0.6) is 0 Å². The zero-order chi connectivity index (χ0) is 14.3. The molecule has 0 aliphatic carbocycles. The van der Waals surface area contributed by atoms with E-state index in [1.54, 1.807) is 24.3 Å². The molecule has 0 unspecified atom stereocenters. The van der Waals surface area contributed by atoms with Crippen LogP contribution in [0.1, 0.15) is 5.56 Å². The summed E-state index contributed by atoms with van der Waals surface area (Å²) in [5.41, 5.74) is 6.07. The summed E-state index contributed by atoms with van der Waals surface area (Å²) in [6.45, 7) is -0.245. The second-order valence-corrected chi connectivity index (χ2v) is 3.57. The van der Waals surface area contributed by atoms with E-state index in [0.29, 0.717) is 11.3 Å². The number of carboxylic acid groups (broad SMARTS) is 1. The Bertz CT molecular complexity index is 508. The number of hydrogen-bond acceptors (Lipinski definition) is 3. The van der Waals surface area contributed by atoms with Crippen LogP contribution in [0.15, 0.2) is 30.3 Å². The van der Waals surface area contributed by atoms with Gasteiger partial charge in [-0.25, -0.2) is 9.59 Å². The Hall–Kier alpha value is -2.83. The molecule has 0 radical (unpaired) electrons. The van der Waals surface area contributed by atoms with Gasteiger partial charge >= 0.3 is 12.0 Å². The van der Waals surface area contributed by atoms with Gasteiger partial charge in [-0.15, -0.1) is 0 Å². The summed E-state index contributed by atoms with van der Waals surface area (Å²) in [6, 6.07) is 5.94. The van der Waals surface area contributed by atoms with Crippen LogP contribution >= 0.6 is 0 Å². The van der Waals surface area contributed by atoms with Crippen molar-refractivity contribution in [3.63, 3.8) is 0 Å². The lowest BCUT2D eigenvalue weighted by Crippen LogP contribution is -2.36. The highest BCUT2D eigenvalue weighted by Crippen LogP contribution is 2.10. The van der Waals surface area contributed by atoms with E-state index in [1.807, 2.05) is 0 Å². The predicted molar refractivity (Wildman–Crippen MR) is 69.3 cm³/mol. The first-order valence-corrected chi connectivity index (χ1v) is 5.31. The number of nitrogens with one attached hydrogen (secondary N) is 2. The van der Waals surface area contributed by atoms with Crippen molar-refractivity contribution >= 4 is 29.7 Å². The first-order chi connectivity index (χ1) is 8.97. The van der Waals surface area contributed by atoms with Crippen molar-refractivity contribution in [1.29, 1.82) is 0 Å². The Morgan fingerprint density at radius 3 is 2.37 bits per heavy atom. The van der Waals surface area contributed by atoms with Gasteiger partial charge in [0.2, 0.25) is 5.91 Å². The van der Waals surface area contributed by atoms with Gasteiger partial charge in [-0.3, -0.25) is 4.79 Å². The van der Waals surface area contributed by atoms with Crippen LogP contribution in [0.3, 0.4) is 0 Å². The molecule has 0 fully saturated rings. The summed E-state index contributed by atoms with van der Waals surface area (Å²) in [6.07, 6.45) is 2.45. The van der Waals surface area contributed by atoms with Crippen LogP contribution in [-0.2, 0) is 9.59 Å². The number of carbonyl (C=O) groups excluding carboxylic acids is 2. The van der Waals surface area contributed by atoms with E-state index in [9.17, 15) is 14.4 Å². The van der Waals surface area contributed by atoms with Crippen molar-refractivity contribution in [2.45, 2.75) is 0 Å². The summed E-state index contributed by atoms with van der Waals surface area (Å²) < 4.78 is 0. The first-order valence-electron chi connectivity index (χ1n) is 5.31. The largest absolute Gasteiger partial charge is 0.478 e. The van der Waals surface area contributed by atoms with Gasteiger partial charge in [-0.2, -0.15) is 0 Å². The second kappa shape index (κ2) is 6.80. The van der Waals surface area contributed by atoms with Gasteiger partial charge in [0.1, 0.15) is 0 Å². The molecular formula is C12H13N3O4. The fourth-order valence-electron chi connectivity index (χ4n) is 1.19. The van der Waals surface area contributed by atoms with E-state index >= 15 is 0 Å². The molecule has 0 saturated carbocycles. The van der Waals surface area contributed by atoms with Gasteiger partial charge in [0.05, 0.1) is 6.54 Å². The molecule has 1 rings (SSSR count). The fraction of sp³-hybridized carbons (Fsp3) is 0.0833. The standard InChI is InChI=1S/C12H13N3O4/c13-10(16)7-14-12(19)15-9-4-1-8(2-5-9)3-6-11(17)18/h1-6H,7H2,(H2,13,16)(H,17,18)(H2,14,15,19)/b6-3+. The molecule has 0 aliphatic rings. The van der Waals surface area contributed by atoms with Crippen LogP contribution in [0, 0.1) is 0 Å². The summed E-state index contributed by atoms with van der Waals surface area (Å²) in [7, 11) is 0. The Balaban J connectivity index is 2.54. The SMILES string of the molecule is NC(=O)CNC(=O)Nc1ccc(/C=C/C(=O)O)cc1. The monoisotopic (exact) mass is 263 g/mol. The van der Waals surface area contributed by atoms with Gasteiger partial charge in [0.15, 0.2) is 0 Å². The highest BCUT2D eigenvalue weighted by atomic mass is 16.4. The van der Waals surface area contributed by atoms with E-state index in [0.717, 1.165) is 6.08 Å². The minimum atomic E-state index is -1.03. The van der Waals surface area contributed by atoms with Gasteiger partial charge < -0.3 is 21.5 Å². The van der Waals surface area contributed by atoms with Gasteiger partial charge in [0.25, 0.3) is 0 Å². The van der Waals surface area contributed by atoms with E-state index in [-0.39, 0.29) is 6.54 Å². The van der Waals surface area contributed by atoms with Crippen LogP contribution in [0.25, 0.3) is 6.08 Å². The number of amides is 3. The van der Waals surface area contributed by atoms with Crippen molar-refractivity contribution < 1.29 is 19.5 Å². The Morgan fingerprint density at radius 1 is 1.21 bits per heavy atom. The molecule has 5 N–H and O–H groups in total. The summed E-state index contributed by atoms with van der Waals surface area (Å²) >= 11 is 0. The molecule has 0 spiro atoms. The number of rotatable bonds is 5. The quantitative estimate of drug-likeness (QED) is 0.574. The number of primary amides is 1. The Labute approximate surface area is 109 Å². The van der Waals surface area contributed by atoms with Crippen LogP contribution in [0.2, 0.25) is 0 Å². The predicted octanol–water partition coefficient (Wildman–Crippen LogP) is 0.391. The van der Waals surface area contributed by atoms with Crippen LogP contribution < -0.4 is 16.4 Å². The summed E-state index contributed by atoms with van der Waals surface area (Å²) in [5.74, 6) is -1.67. The highest BCUT2D eigenvalue weighted by Gasteiger charge is 2.02. The number of carboxylic acids is 1. The molecule has 19 heavy (non-hydrogen) atoms. The number of benzene rings is 1. The Kier molecular flexibility index (Phi) is 5.09. The van der Waals surface area contributed by atoms with E-state index in [4.69, 9.17) is 10.8 Å². The van der Waals surface area contributed by atoms with Crippen molar-refractivity contribution in [3.8, 4) is 0 Å². The molecule has 0 aliphatic heterocycles. The Morgan fingerprint density at radius 2 is 1.84 bits per heavy atom. The fourth-order valence-corrected chi connectivity index (χ4v) is 1.19. The molecule has 100 valence electrons. The number of hydrogen-bond donors (Lipinski definition) is 4. The number of urea groups is 1. The average Bonchev–Trinajstić information content (AvgIpc) is 2.35. The molecule has 0 bridgehead atoms. The molecule has 1 aromatic carbocycles. The third kappa shape index (κ3) is 5.87. The van der Waals surface area contributed by atoms with Crippen molar-refractivity contribution in [1.82, 2.24) is 5.32 Å². The topological polar surface area (TPSA) is 122 Å². The maximum absolute atomic E-state index is 11.3. The smallest absolute Gasteiger partial charge is 0.328 e. The lowest BCUT2D eigenvalue weighted by molar-refractivity contribution is -0.131. The van der Waals surface area contributed by atoms with Crippen LogP contribution in [0.4, 0.5) is 10.5 Å². The van der Waals surface area contributed by atoms with Crippen molar-refractivity contribution in [2.75, 3.05) is 11.9 Å². The summed E-state index contributed by atoms with van der Waals surface area (Å²) in [4.78, 5) is 32.1. The zero-order valence-corrected chi connectivity index (χ0v) is 9.92. The molecule has 7 nitrogen and oxygen atoms in total. The minimum Gasteiger partial charge on any atom is -0.478 e. The van der Waals surface area contributed by atoms with E-state index in [1.165, 1.54) is 6.08 Å². The minimum absolute atomic E-state index is 0.245. The van der Waals surface area contributed by atoms with Crippen molar-refractivity contribution in [2.24, 2.45) is 5.73 Å². The van der Waals surface area contributed by atoms with Gasteiger partial charge in [0, 0.05) is 11.8 Å². The maximum Gasteiger partial charge on any atom is 0.328 e. The third-order valence-corrected chi connectivity index (χ3v) is 2.01. The molecule has 0 atom stereocenters. The van der Waals surface area contributed by atoms with E-state index < -0.39 is 17.9 Å². The molecule has 7 heteroatoms. The number of aliphatic carboxylic acids is 1. The lowest BCUT2D eigenvalue weighted by Gasteiger charge is -2.06. The van der Waals surface area contributed by atoms with Gasteiger partial charge in [-0.1, -0.05) is 12.1 Å². The van der Waals surface area contributed by atoms with E-state index in [2.05, 4.69) is 10.6 Å². The first kappa shape index (κ1) is 14.2. The summed E-state index contributed by atoms with van der Waals surface area (Å²) in [5, 5.41) is 13.2. The highest BCUT2D eigenvalue weighted by molar-refractivity contribution is 5.92. The second-order valence-electron chi connectivity index (χ2n) is 3.57. The van der Waals surface area contributed by atoms with Crippen LogP contribution in [-0.4, -0.2) is 29.6 Å². The lowest BCUT2D eigenvalue weighted by atomic mass is 10.2. The molecule has 1 aromatic rings. The van der Waals surface area contributed by atoms with Crippen molar-refractivity contribution in [3.05, 3.63) is 35.9 Å². The third-order valence-electron chi connectivity index (χ3n) is 2.01. The molecular weight excluding hydrogens is 250 g/mol. The zero-order valence-electron chi connectivity index (χ0n) is 9.92. The number of nitrogens with two attached hydrogens (primary N) is 1.